The first-order valence-electron chi connectivity index (χ1n) is 5.35. The van der Waals surface area contributed by atoms with E-state index in [-0.39, 0.29) is 4.90 Å². The van der Waals surface area contributed by atoms with Crippen LogP contribution in [-0.2, 0) is 10.0 Å². The van der Waals surface area contributed by atoms with Crippen LogP contribution in [0.2, 0.25) is 0 Å². The molecule has 0 atom stereocenters. The first-order chi connectivity index (χ1) is 8.36. The zero-order valence-corrected chi connectivity index (χ0v) is 13.0. The standard InChI is InChI=1S/C11H17BrN2O3S/c1-14(2)7-6-13-18(15,16)11-5-4-9(12)8-10(11)17-3/h4-5,8,13H,6-7H2,1-3H3. The lowest BCUT2D eigenvalue weighted by atomic mass is 10.3. The Morgan fingerprint density at radius 1 is 1.39 bits per heavy atom. The molecule has 18 heavy (non-hydrogen) atoms. The largest absolute Gasteiger partial charge is 0.495 e. The highest BCUT2D eigenvalue weighted by Crippen LogP contribution is 2.27. The molecule has 0 bridgehead atoms. The first-order valence-corrected chi connectivity index (χ1v) is 7.62. The minimum atomic E-state index is -3.54. The third kappa shape index (κ3) is 4.24. The van der Waals surface area contributed by atoms with E-state index < -0.39 is 10.0 Å². The third-order valence-electron chi connectivity index (χ3n) is 2.27. The highest BCUT2D eigenvalue weighted by Gasteiger charge is 2.19. The van der Waals surface area contributed by atoms with Gasteiger partial charge in [-0.2, -0.15) is 0 Å². The molecule has 102 valence electrons. The monoisotopic (exact) mass is 336 g/mol. The van der Waals surface area contributed by atoms with E-state index in [2.05, 4.69) is 20.7 Å². The van der Waals surface area contributed by atoms with E-state index >= 15 is 0 Å². The Balaban J connectivity index is 2.91. The van der Waals surface area contributed by atoms with Crippen molar-refractivity contribution in [3.8, 4) is 5.75 Å². The molecule has 0 saturated heterocycles. The minimum absolute atomic E-state index is 0.145. The molecule has 1 N–H and O–H groups in total. The van der Waals surface area contributed by atoms with E-state index in [4.69, 9.17) is 4.74 Å². The van der Waals surface area contributed by atoms with Crippen LogP contribution < -0.4 is 9.46 Å². The molecule has 1 rings (SSSR count). The molecular formula is C11H17BrN2O3S. The summed E-state index contributed by atoms with van der Waals surface area (Å²) in [6.45, 7) is 0.993. The summed E-state index contributed by atoms with van der Waals surface area (Å²) in [5.41, 5.74) is 0. The van der Waals surface area contributed by atoms with E-state index in [0.717, 1.165) is 4.47 Å². The lowest BCUT2D eigenvalue weighted by Gasteiger charge is -2.13. The van der Waals surface area contributed by atoms with Crippen molar-refractivity contribution in [1.82, 2.24) is 9.62 Å². The van der Waals surface area contributed by atoms with Crippen LogP contribution in [0.3, 0.4) is 0 Å². The lowest BCUT2D eigenvalue weighted by Crippen LogP contribution is -2.31. The highest BCUT2D eigenvalue weighted by molar-refractivity contribution is 9.10. The number of halogens is 1. The van der Waals surface area contributed by atoms with E-state index in [1.54, 1.807) is 12.1 Å². The van der Waals surface area contributed by atoms with Crippen molar-refractivity contribution in [1.29, 1.82) is 0 Å². The molecule has 0 fully saturated rings. The SMILES string of the molecule is COc1cc(Br)ccc1S(=O)(=O)NCCN(C)C. The fourth-order valence-electron chi connectivity index (χ4n) is 1.34. The quantitative estimate of drug-likeness (QED) is 0.850. The molecule has 0 spiro atoms. The topological polar surface area (TPSA) is 58.6 Å². The second-order valence-electron chi connectivity index (χ2n) is 4.00. The molecule has 1 aromatic rings. The van der Waals surface area contributed by atoms with Gasteiger partial charge in [-0.1, -0.05) is 15.9 Å². The maximum atomic E-state index is 12.1. The number of hydrogen-bond acceptors (Lipinski definition) is 4. The number of ether oxygens (including phenoxy) is 1. The molecule has 7 heteroatoms. The van der Waals surface area contributed by atoms with Gasteiger partial charge in [0.05, 0.1) is 7.11 Å². The van der Waals surface area contributed by atoms with Crippen LogP contribution in [0.1, 0.15) is 0 Å². The molecule has 0 saturated carbocycles. The number of methoxy groups -OCH3 is 1. The number of sulfonamides is 1. The van der Waals surface area contributed by atoms with Crippen LogP contribution in [0.25, 0.3) is 0 Å². The predicted molar refractivity (Wildman–Crippen MR) is 74.4 cm³/mol. The molecule has 0 aliphatic rings. The zero-order chi connectivity index (χ0) is 13.8. The molecule has 0 unspecified atom stereocenters. The summed E-state index contributed by atoms with van der Waals surface area (Å²) in [6.07, 6.45) is 0. The maximum absolute atomic E-state index is 12.1. The summed E-state index contributed by atoms with van der Waals surface area (Å²) in [5, 5.41) is 0. The second kappa shape index (κ2) is 6.51. The molecule has 1 aromatic carbocycles. The van der Waals surface area contributed by atoms with E-state index in [9.17, 15) is 8.42 Å². The van der Waals surface area contributed by atoms with Crippen molar-refractivity contribution in [2.45, 2.75) is 4.90 Å². The van der Waals surface area contributed by atoms with Crippen LogP contribution in [0.15, 0.2) is 27.6 Å². The first kappa shape index (κ1) is 15.4. The average Bonchev–Trinajstić information content (AvgIpc) is 2.27. The molecular weight excluding hydrogens is 320 g/mol. The predicted octanol–water partition coefficient (Wildman–Crippen LogP) is 1.30. The number of likely N-dealkylation sites (N-methyl/N-ethyl adjacent to an activating group) is 1. The Morgan fingerprint density at radius 3 is 2.61 bits per heavy atom. The van der Waals surface area contributed by atoms with Crippen LogP contribution >= 0.6 is 15.9 Å². The zero-order valence-electron chi connectivity index (χ0n) is 10.6. The lowest BCUT2D eigenvalue weighted by molar-refractivity contribution is 0.400. The Labute approximate surface area is 116 Å². The normalized spacial score (nSPS) is 11.8. The smallest absolute Gasteiger partial charge is 0.244 e. The van der Waals surface area contributed by atoms with Gasteiger partial charge in [-0.3, -0.25) is 0 Å². The van der Waals surface area contributed by atoms with Gasteiger partial charge in [0.2, 0.25) is 10.0 Å². The van der Waals surface area contributed by atoms with Gasteiger partial charge in [0.15, 0.2) is 0 Å². The van der Waals surface area contributed by atoms with E-state index in [0.29, 0.717) is 18.8 Å². The third-order valence-corrected chi connectivity index (χ3v) is 4.26. The van der Waals surface area contributed by atoms with Gasteiger partial charge >= 0.3 is 0 Å². The van der Waals surface area contributed by atoms with Gasteiger partial charge in [-0.15, -0.1) is 0 Å². The molecule has 5 nitrogen and oxygen atoms in total. The molecule has 0 aliphatic carbocycles. The molecule has 0 radical (unpaired) electrons. The fourth-order valence-corrected chi connectivity index (χ4v) is 2.85. The van der Waals surface area contributed by atoms with Crippen molar-refractivity contribution < 1.29 is 13.2 Å². The van der Waals surface area contributed by atoms with Gasteiger partial charge in [-0.05, 0) is 32.3 Å². The van der Waals surface area contributed by atoms with Crippen molar-refractivity contribution in [3.63, 3.8) is 0 Å². The molecule has 0 heterocycles. The van der Waals surface area contributed by atoms with Crippen molar-refractivity contribution in [2.75, 3.05) is 34.3 Å². The summed E-state index contributed by atoms with van der Waals surface area (Å²) in [6, 6.07) is 4.81. The average molecular weight is 337 g/mol. The van der Waals surface area contributed by atoms with Crippen molar-refractivity contribution in [2.24, 2.45) is 0 Å². The molecule has 0 aliphatic heterocycles. The number of rotatable bonds is 6. The summed E-state index contributed by atoms with van der Waals surface area (Å²) in [5.74, 6) is 0.321. The number of hydrogen-bond donors (Lipinski definition) is 1. The summed E-state index contributed by atoms with van der Waals surface area (Å²) < 4.78 is 32.5. The van der Waals surface area contributed by atoms with Crippen molar-refractivity contribution >= 4 is 26.0 Å². The van der Waals surface area contributed by atoms with Gasteiger partial charge in [0.1, 0.15) is 10.6 Å². The van der Waals surface area contributed by atoms with Gasteiger partial charge in [-0.25, -0.2) is 13.1 Å². The van der Waals surface area contributed by atoms with Gasteiger partial charge in [0, 0.05) is 17.6 Å². The molecule has 0 aromatic heterocycles. The highest BCUT2D eigenvalue weighted by atomic mass is 79.9. The molecule has 0 amide bonds. The number of benzene rings is 1. The number of nitrogens with one attached hydrogen (secondary N) is 1. The maximum Gasteiger partial charge on any atom is 0.244 e. The fraction of sp³-hybridized carbons (Fsp3) is 0.455. The van der Waals surface area contributed by atoms with Crippen LogP contribution in [0.5, 0.6) is 5.75 Å². The Hall–Kier alpha value is -0.630. The minimum Gasteiger partial charge on any atom is -0.495 e. The number of nitrogens with zero attached hydrogens (tertiary/aromatic N) is 1. The van der Waals surface area contributed by atoms with E-state index in [1.165, 1.54) is 13.2 Å². The van der Waals surface area contributed by atoms with Crippen LogP contribution in [0, 0.1) is 0 Å². The Kier molecular flexibility index (Phi) is 5.58. The summed E-state index contributed by atoms with van der Waals surface area (Å²) in [7, 11) is 1.67. The summed E-state index contributed by atoms with van der Waals surface area (Å²) >= 11 is 3.27. The summed E-state index contributed by atoms with van der Waals surface area (Å²) in [4.78, 5) is 2.05. The van der Waals surface area contributed by atoms with Crippen molar-refractivity contribution in [3.05, 3.63) is 22.7 Å². The van der Waals surface area contributed by atoms with Crippen LogP contribution in [0.4, 0.5) is 0 Å². The van der Waals surface area contributed by atoms with Crippen LogP contribution in [-0.4, -0.2) is 47.6 Å². The van der Waals surface area contributed by atoms with E-state index in [1.807, 2.05) is 19.0 Å². The van der Waals surface area contributed by atoms with Gasteiger partial charge in [0.25, 0.3) is 0 Å². The second-order valence-corrected chi connectivity index (χ2v) is 6.65. The van der Waals surface area contributed by atoms with Gasteiger partial charge < -0.3 is 9.64 Å². The Morgan fingerprint density at radius 2 is 2.06 bits per heavy atom. The Bertz CT molecular complexity index is 503.